The molecule has 1 heterocycles. The van der Waals surface area contributed by atoms with Gasteiger partial charge in [-0.05, 0) is 56.1 Å². The molecule has 1 aliphatic rings. The van der Waals surface area contributed by atoms with Gasteiger partial charge in [0.1, 0.15) is 0 Å². The van der Waals surface area contributed by atoms with Crippen molar-refractivity contribution in [3.8, 4) is 0 Å². The molecule has 0 atom stereocenters. The van der Waals surface area contributed by atoms with Crippen molar-refractivity contribution in [3.05, 3.63) is 40.9 Å². The maximum atomic E-state index is 12.1. The van der Waals surface area contributed by atoms with Gasteiger partial charge in [-0.15, -0.1) is 0 Å². The van der Waals surface area contributed by atoms with Crippen LogP contribution in [0.15, 0.2) is 30.3 Å². The van der Waals surface area contributed by atoms with E-state index in [0.29, 0.717) is 10.9 Å². The Kier molecular flexibility index (Phi) is 5.62. The Hall–Kier alpha value is -1.32. The summed E-state index contributed by atoms with van der Waals surface area (Å²) in [7, 11) is 1.98. The highest BCUT2D eigenvalue weighted by atomic mass is 35.5. The molecule has 3 nitrogen and oxygen atoms in total. The molecule has 1 aliphatic heterocycles. The van der Waals surface area contributed by atoms with E-state index in [1.165, 1.54) is 0 Å². The number of nitrogens with zero attached hydrogens (tertiary/aromatic N) is 1. The van der Waals surface area contributed by atoms with Crippen molar-refractivity contribution in [1.29, 1.82) is 0 Å². The Morgan fingerprint density at radius 2 is 2.00 bits per heavy atom. The molecule has 0 aliphatic carbocycles. The van der Waals surface area contributed by atoms with Crippen LogP contribution >= 0.6 is 11.6 Å². The van der Waals surface area contributed by atoms with Crippen LogP contribution in [0.4, 0.5) is 0 Å². The molecular weight excluding hydrogens is 272 g/mol. The van der Waals surface area contributed by atoms with E-state index in [0.717, 1.165) is 38.0 Å². The number of likely N-dealkylation sites (tertiary alicyclic amines) is 1. The van der Waals surface area contributed by atoms with Crippen molar-refractivity contribution in [1.82, 2.24) is 10.2 Å². The summed E-state index contributed by atoms with van der Waals surface area (Å²) < 4.78 is 0. The first kappa shape index (κ1) is 15.1. The van der Waals surface area contributed by atoms with Crippen LogP contribution in [0, 0.1) is 5.92 Å². The van der Waals surface area contributed by atoms with E-state index in [9.17, 15) is 4.79 Å². The van der Waals surface area contributed by atoms with E-state index in [1.807, 2.05) is 42.3 Å². The molecule has 0 unspecified atom stereocenters. The predicted molar refractivity (Wildman–Crippen MR) is 83.7 cm³/mol. The van der Waals surface area contributed by atoms with Gasteiger partial charge in [-0.1, -0.05) is 23.7 Å². The lowest BCUT2D eigenvalue weighted by atomic mass is 9.97. The van der Waals surface area contributed by atoms with Gasteiger partial charge in [0, 0.05) is 24.2 Å². The third-order valence-electron chi connectivity index (χ3n) is 3.71. The zero-order chi connectivity index (χ0) is 14.4. The van der Waals surface area contributed by atoms with Gasteiger partial charge in [0.25, 0.3) is 0 Å². The van der Waals surface area contributed by atoms with E-state index in [1.54, 1.807) is 6.08 Å². The first-order valence-electron chi connectivity index (χ1n) is 7.06. The number of rotatable bonds is 4. The molecule has 1 saturated heterocycles. The second-order valence-electron chi connectivity index (χ2n) is 5.21. The van der Waals surface area contributed by atoms with E-state index in [-0.39, 0.29) is 5.91 Å². The summed E-state index contributed by atoms with van der Waals surface area (Å²) >= 11 is 5.83. The molecule has 4 heteroatoms. The van der Waals surface area contributed by atoms with Crippen molar-refractivity contribution in [3.63, 3.8) is 0 Å². The van der Waals surface area contributed by atoms with Gasteiger partial charge in [0.05, 0.1) is 0 Å². The summed E-state index contributed by atoms with van der Waals surface area (Å²) in [5.74, 6) is 0.798. The molecule has 0 radical (unpaired) electrons. The summed E-state index contributed by atoms with van der Waals surface area (Å²) in [5.41, 5.74) is 0.993. The fraction of sp³-hybridized carbons (Fsp3) is 0.438. The van der Waals surface area contributed by atoms with Gasteiger partial charge in [0.15, 0.2) is 0 Å². The van der Waals surface area contributed by atoms with Crippen molar-refractivity contribution < 1.29 is 4.79 Å². The molecule has 20 heavy (non-hydrogen) atoms. The van der Waals surface area contributed by atoms with E-state index in [4.69, 9.17) is 11.6 Å². The quantitative estimate of drug-likeness (QED) is 0.866. The van der Waals surface area contributed by atoms with Crippen molar-refractivity contribution in [2.45, 2.75) is 12.8 Å². The summed E-state index contributed by atoms with van der Waals surface area (Å²) in [5, 5.41) is 3.91. The first-order chi connectivity index (χ1) is 9.69. The van der Waals surface area contributed by atoms with Crippen LogP contribution in [0.5, 0.6) is 0 Å². The Morgan fingerprint density at radius 1 is 1.35 bits per heavy atom. The molecular formula is C16H21ClN2O. The highest BCUT2D eigenvalue weighted by molar-refractivity contribution is 6.30. The van der Waals surface area contributed by atoms with Crippen LogP contribution in [0.25, 0.3) is 6.08 Å². The summed E-state index contributed by atoms with van der Waals surface area (Å²) in [6.45, 7) is 2.76. The molecule has 1 amide bonds. The van der Waals surface area contributed by atoms with Gasteiger partial charge >= 0.3 is 0 Å². The van der Waals surface area contributed by atoms with Crippen LogP contribution in [0.1, 0.15) is 18.4 Å². The Balaban J connectivity index is 1.85. The SMILES string of the molecule is CNCC1CCN(C(=O)C=Cc2ccc(Cl)cc2)CC1. The summed E-state index contributed by atoms with van der Waals surface area (Å²) in [6.07, 6.45) is 5.67. The molecule has 1 aromatic rings. The fourth-order valence-corrected chi connectivity index (χ4v) is 2.62. The number of halogens is 1. The van der Waals surface area contributed by atoms with Gasteiger partial charge in [-0.2, -0.15) is 0 Å². The lowest BCUT2D eigenvalue weighted by Gasteiger charge is -2.31. The molecule has 1 fully saturated rings. The zero-order valence-corrected chi connectivity index (χ0v) is 12.6. The van der Waals surface area contributed by atoms with Crippen molar-refractivity contribution in [2.75, 3.05) is 26.7 Å². The molecule has 1 N–H and O–H groups in total. The number of amides is 1. The van der Waals surface area contributed by atoms with Crippen LogP contribution in [0.2, 0.25) is 5.02 Å². The molecule has 1 aromatic carbocycles. The number of carbonyl (C=O) groups is 1. The Morgan fingerprint density at radius 3 is 2.60 bits per heavy atom. The van der Waals surface area contributed by atoms with Crippen LogP contribution in [0.3, 0.4) is 0 Å². The Bertz CT molecular complexity index is 462. The second kappa shape index (κ2) is 7.46. The average molecular weight is 293 g/mol. The highest BCUT2D eigenvalue weighted by Crippen LogP contribution is 2.17. The van der Waals surface area contributed by atoms with E-state index < -0.39 is 0 Å². The molecule has 0 bridgehead atoms. The standard InChI is InChI=1S/C16H21ClN2O/c1-18-12-14-8-10-19(11-9-14)16(20)7-4-13-2-5-15(17)6-3-13/h2-7,14,18H,8-12H2,1H3. The fourth-order valence-electron chi connectivity index (χ4n) is 2.49. The maximum Gasteiger partial charge on any atom is 0.246 e. The predicted octanol–water partition coefficient (Wildman–Crippen LogP) is 2.81. The van der Waals surface area contributed by atoms with Crippen molar-refractivity contribution in [2.24, 2.45) is 5.92 Å². The highest BCUT2D eigenvalue weighted by Gasteiger charge is 2.20. The van der Waals surface area contributed by atoms with Crippen LogP contribution in [-0.4, -0.2) is 37.5 Å². The van der Waals surface area contributed by atoms with Crippen LogP contribution < -0.4 is 5.32 Å². The molecule has 108 valence electrons. The largest absolute Gasteiger partial charge is 0.339 e. The summed E-state index contributed by atoms with van der Waals surface area (Å²) in [4.78, 5) is 14.0. The smallest absolute Gasteiger partial charge is 0.246 e. The monoisotopic (exact) mass is 292 g/mol. The maximum absolute atomic E-state index is 12.1. The minimum Gasteiger partial charge on any atom is -0.339 e. The minimum atomic E-state index is 0.0999. The molecule has 0 aromatic heterocycles. The number of piperidine rings is 1. The second-order valence-corrected chi connectivity index (χ2v) is 5.65. The number of hydrogen-bond acceptors (Lipinski definition) is 2. The topological polar surface area (TPSA) is 32.3 Å². The third kappa shape index (κ3) is 4.36. The average Bonchev–Trinajstić information content (AvgIpc) is 2.47. The molecule has 2 rings (SSSR count). The van der Waals surface area contributed by atoms with E-state index in [2.05, 4.69) is 5.32 Å². The number of carbonyl (C=O) groups excluding carboxylic acids is 1. The lowest BCUT2D eigenvalue weighted by Crippen LogP contribution is -2.39. The molecule has 0 spiro atoms. The van der Waals surface area contributed by atoms with Crippen molar-refractivity contribution >= 4 is 23.6 Å². The number of hydrogen-bond donors (Lipinski definition) is 1. The van der Waals surface area contributed by atoms with Gasteiger partial charge < -0.3 is 10.2 Å². The van der Waals surface area contributed by atoms with Crippen LogP contribution in [-0.2, 0) is 4.79 Å². The normalized spacial score (nSPS) is 16.8. The van der Waals surface area contributed by atoms with Gasteiger partial charge in [0.2, 0.25) is 5.91 Å². The number of benzene rings is 1. The first-order valence-corrected chi connectivity index (χ1v) is 7.44. The van der Waals surface area contributed by atoms with Gasteiger partial charge in [-0.25, -0.2) is 0 Å². The number of nitrogens with one attached hydrogen (secondary N) is 1. The van der Waals surface area contributed by atoms with E-state index >= 15 is 0 Å². The minimum absolute atomic E-state index is 0.0999. The summed E-state index contributed by atoms with van der Waals surface area (Å²) in [6, 6.07) is 7.47. The third-order valence-corrected chi connectivity index (χ3v) is 3.96. The zero-order valence-electron chi connectivity index (χ0n) is 11.8. The molecule has 0 saturated carbocycles. The lowest BCUT2D eigenvalue weighted by molar-refractivity contribution is -0.127. The Labute approximate surface area is 125 Å². The van der Waals surface area contributed by atoms with Gasteiger partial charge in [-0.3, -0.25) is 4.79 Å².